The van der Waals surface area contributed by atoms with Crippen molar-refractivity contribution in [3.8, 4) is 56.8 Å². The van der Waals surface area contributed by atoms with E-state index in [1.54, 1.807) is 23.9 Å². The summed E-state index contributed by atoms with van der Waals surface area (Å²) in [5.41, 5.74) is 6.28. The molecule has 0 bridgehead atoms. The minimum Gasteiger partial charge on any atom is -0.492 e. The lowest BCUT2D eigenvalue weighted by atomic mass is 9.84. The monoisotopic (exact) mass is 770 g/mol. The predicted molar refractivity (Wildman–Crippen MR) is 215 cm³/mol. The average molecular weight is 771 g/mol. The van der Waals surface area contributed by atoms with Gasteiger partial charge in [-0.05, 0) is 95.7 Å². The maximum Gasteiger partial charge on any atom is 0.317 e. The summed E-state index contributed by atoms with van der Waals surface area (Å²) in [6.07, 6.45) is 0. The van der Waals surface area contributed by atoms with Crippen molar-refractivity contribution in [2.45, 2.75) is 52.4 Å². The second-order valence-electron chi connectivity index (χ2n) is 16.0. The molecule has 6 rings (SSSR count). The molecule has 4 aromatic rings. The molecule has 0 saturated heterocycles. The molecule has 0 radical (unpaired) electrons. The van der Waals surface area contributed by atoms with E-state index in [1.165, 1.54) is 0 Å². The van der Waals surface area contributed by atoms with Crippen molar-refractivity contribution in [3.05, 3.63) is 83.9 Å². The van der Waals surface area contributed by atoms with E-state index in [0.29, 0.717) is 26.3 Å². The molecule has 0 unspecified atom stereocenters. The number of rotatable bonds is 14. The number of aliphatic carboxylic acids is 2. The maximum absolute atomic E-state index is 10.8. The zero-order valence-corrected chi connectivity index (χ0v) is 33.6. The van der Waals surface area contributed by atoms with E-state index in [2.05, 4.69) is 53.7 Å². The zero-order chi connectivity index (χ0) is 40.6. The summed E-state index contributed by atoms with van der Waals surface area (Å²) in [5.74, 6) is 3.02. The standard InChI is InChI=1S/2C22H27NO5/c2*1-22(2,3)17-11-15(16-6-8-19-20(12-16)28-14-27-19)5-7-18(17)26-10-9-23(4)13-21(24)25/h2*5-8,11-12H,9-10,13-14H2,1-4H3,(H,24,25). The minimum atomic E-state index is -0.842. The molecule has 2 N–H and O–H groups in total. The summed E-state index contributed by atoms with van der Waals surface area (Å²) in [7, 11) is 3.54. The molecule has 0 spiro atoms. The van der Waals surface area contributed by atoms with E-state index < -0.39 is 11.9 Å². The van der Waals surface area contributed by atoms with Crippen molar-refractivity contribution < 1.29 is 48.2 Å². The number of fused-ring (bicyclic) bond motifs is 2. The van der Waals surface area contributed by atoms with E-state index in [0.717, 1.165) is 67.9 Å². The number of hydrogen-bond donors (Lipinski definition) is 2. The lowest BCUT2D eigenvalue weighted by molar-refractivity contribution is -0.139. The smallest absolute Gasteiger partial charge is 0.317 e. The molecule has 56 heavy (non-hydrogen) atoms. The fourth-order valence-corrected chi connectivity index (χ4v) is 6.24. The van der Waals surface area contributed by atoms with Crippen LogP contribution in [0.4, 0.5) is 0 Å². The van der Waals surface area contributed by atoms with Crippen LogP contribution in [0.5, 0.6) is 34.5 Å². The molecule has 2 aliphatic heterocycles. The molecule has 2 aliphatic rings. The van der Waals surface area contributed by atoms with Crippen LogP contribution in [0, 0.1) is 0 Å². The van der Waals surface area contributed by atoms with Crippen LogP contribution in [-0.4, -0.2) is 99.0 Å². The third kappa shape index (κ3) is 11.3. The van der Waals surface area contributed by atoms with Crippen molar-refractivity contribution in [1.29, 1.82) is 0 Å². The van der Waals surface area contributed by atoms with Gasteiger partial charge < -0.3 is 38.6 Å². The Morgan fingerprint density at radius 2 is 0.893 bits per heavy atom. The fourth-order valence-electron chi connectivity index (χ4n) is 6.24. The Morgan fingerprint density at radius 3 is 1.25 bits per heavy atom. The number of likely N-dealkylation sites (N-methyl/N-ethyl adjacent to an activating group) is 2. The van der Waals surface area contributed by atoms with E-state index in [1.807, 2.05) is 60.7 Å². The van der Waals surface area contributed by atoms with Gasteiger partial charge >= 0.3 is 11.9 Å². The molecule has 12 heteroatoms. The molecule has 0 amide bonds. The molecule has 0 aliphatic carbocycles. The van der Waals surface area contributed by atoms with Gasteiger partial charge in [0.15, 0.2) is 23.0 Å². The molecular formula is C44H54N2O10. The number of hydrogen-bond acceptors (Lipinski definition) is 10. The Labute approximate surface area is 329 Å². The lowest BCUT2D eigenvalue weighted by Crippen LogP contribution is -2.30. The summed E-state index contributed by atoms with van der Waals surface area (Å²) in [6.45, 7) is 15.3. The van der Waals surface area contributed by atoms with Gasteiger partial charge in [0.1, 0.15) is 24.7 Å². The summed E-state index contributed by atoms with van der Waals surface area (Å²) in [6, 6.07) is 24.2. The third-order valence-corrected chi connectivity index (χ3v) is 9.26. The largest absolute Gasteiger partial charge is 0.492 e. The Kier molecular flexibility index (Phi) is 13.4. The van der Waals surface area contributed by atoms with Crippen molar-refractivity contribution in [1.82, 2.24) is 9.80 Å². The highest BCUT2D eigenvalue weighted by Gasteiger charge is 2.23. The summed E-state index contributed by atoms with van der Waals surface area (Å²) >= 11 is 0. The second kappa shape index (κ2) is 18.0. The molecule has 12 nitrogen and oxygen atoms in total. The van der Waals surface area contributed by atoms with E-state index in [4.69, 9.17) is 38.6 Å². The van der Waals surface area contributed by atoms with Crippen molar-refractivity contribution in [2.24, 2.45) is 0 Å². The zero-order valence-electron chi connectivity index (χ0n) is 33.6. The Bertz CT molecular complexity index is 1860. The van der Waals surface area contributed by atoms with Gasteiger partial charge in [0.05, 0.1) is 13.1 Å². The Hall–Kier alpha value is -5.46. The van der Waals surface area contributed by atoms with Crippen LogP contribution in [0.1, 0.15) is 52.7 Å². The molecule has 4 aromatic carbocycles. The van der Waals surface area contributed by atoms with Gasteiger partial charge in [-0.15, -0.1) is 0 Å². The van der Waals surface area contributed by atoms with Crippen molar-refractivity contribution >= 4 is 11.9 Å². The van der Waals surface area contributed by atoms with E-state index in [-0.39, 0.29) is 37.5 Å². The number of carboxylic acid groups (broad SMARTS) is 2. The summed E-state index contributed by atoms with van der Waals surface area (Å²) in [5, 5.41) is 17.7. The topological polar surface area (TPSA) is 136 Å². The second-order valence-corrected chi connectivity index (χ2v) is 16.0. The van der Waals surface area contributed by atoms with Gasteiger partial charge in [-0.3, -0.25) is 19.4 Å². The fraction of sp³-hybridized carbons (Fsp3) is 0.409. The SMILES string of the molecule is CN(CCOc1ccc(-c2ccc3c(c2)OCO3)cc1C(C)(C)C)CC(=O)O.CN(CCOc1ccc(-c2ccc3c(c2)OCO3)cc1C(C)(C)C)CC(=O)O. The van der Waals surface area contributed by atoms with Gasteiger partial charge in [0.2, 0.25) is 13.6 Å². The van der Waals surface area contributed by atoms with Gasteiger partial charge in [-0.1, -0.05) is 65.8 Å². The molecule has 0 atom stereocenters. The van der Waals surface area contributed by atoms with E-state index >= 15 is 0 Å². The number of ether oxygens (including phenoxy) is 6. The van der Waals surface area contributed by atoms with Gasteiger partial charge in [-0.2, -0.15) is 0 Å². The first-order valence-corrected chi connectivity index (χ1v) is 18.6. The number of benzene rings is 4. The van der Waals surface area contributed by atoms with Crippen LogP contribution in [0.3, 0.4) is 0 Å². The Balaban J connectivity index is 0.000000214. The molecule has 0 saturated carbocycles. The van der Waals surface area contributed by atoms with Crippen LogP contribution in [-0.2, 0) is 20.4 Å². The first-order valence-electron chi connectivity index (χ1n) is 18.6. The van der Waals surface area contributed by atoms with Crippen LogP contribution in [0.2, 0.25) is 0 Å². The molecule has 300 valence electrons. The van der Waals surface area contributed by atoms with Crippen LogP contribution < -0.4 is 28.4 Å². The quantitative estimate of drug-likeness (QED) is 0.131. The van der Waals surface area contributed by atoms with Crippen LogP contribution in [0.25, 0.3) is 22.3 Å². The Morgan fingerprint density at radius 1 is 0.554 bits per heavy atom. The maximum atomic E-state index is 10.8. The summed E-state index contributed by atoms with van der Waals surface area (Å²) in [4.78, 5) is 25.0. The normalized spacial score (nSPS) is 13.0. The summed E-state index contributed by atoms with van der Waals surface area (Å²) < 4.78 is 33.8. The van der Waals surface area contributed by atoms with E-state index in [9.17, 15) is 9.59 Å². The third-order valence-electron chi connectivity index (χ3n) is 9.26. The highest BCUT2D eigenvalue weighted by atomic mass is 16.7. The number of nitrogens with zero attached hydrogens (tertiary/aromatic N) is 2. The average Bonchev–Trinajstić information content (AvgIpc) is 3.80. The van der Waals surface area contributed by atoms with Gasteiger partial charge in [0.25, 0.3) is 0 Å². The first-order chi connectivity index (χ1) is 26.5. The van der Waals surface area contributed by atoms with Crippen LogP contribution in [0.15, 0.2) is 72.8 Å². The highest BCUT2D eigenvalue weighted by Crippen LogP contribution is 2.41. The van der Waals surface area contributed by atoms with Crippen molar-refractivity contribution in [3.63, 3.8) is 0 Å². The minimum absolute atomic E-state index is 0.00145. The molecule has 0 aromatic heterocycles. The first kappa shape index (κ1) is 41.7. The molecular weight excluding hydrogens is 716 g/mol. The van der Waals surface area contributed by atoms with Gasteiger partial charge in [-0.25, -0.2) is 0 Å². The van der Waals surface area contributed by atoms with Gasteiger partial charge in [0, 0.05) is 24.2 Å². The lowest BCUT2D eigenvalue weighted by Gasteiger charge is -2.24. The molecule has 2 heterocycles. The van der Waals surface area contributed by atoms with Crippen molar-refractivity contribution in [2.75, 3.05) is 67.1 Å². The predicted octanol–water partition coefficient (Wildman–Crippen LogP) is 7.55. The highest BCUT2D eigenvalue weighted by molar-refractivity contribution is 5.71. The number of carbonyl (C=O) groups is 2. The molecule has 0 fully saturated rings. The number of carboxylic acids is 2. The van der Waals surface area contributed by atoms with Crippen LogP contribution >= 0.6 is 0 Å².